The fourth-order valence-corrected chi connectivity index (χ4v) is 2.03. The zero-order valence-electron chi connectivity index (χ0n) is 9.75. The molecule has 6 heteroatoms. The van der Waals surface area contributed by atoms with Gasteiger partial charge in [-0.05, 0) is 32.0 Å². The van der Waals surface area contributed by atoms with Crippen molar-refractivity contribution in [3.8, 4) is 0 Å². The highest BCUT2D eigenvalue weighted by molar-refractivity contribution is 9.11. The molecule has 0 heterocycles. The Morgan fingerprint density at radius 1 is 1.28 bits per heavy atom. The summed E-state index contributed by atoms with van der Waals surface area (Å²) >= 11 is 6.32. The van der Waals surface area contributed by atoms with Crippen LogP contribution in [0.4, 0.5) is 4.39 Å². The van der Waals surface area contributed by atoms with Gasteiger partial charge in [0.2, 0.25) is 5.78 Å². The molecule has 0 aromatic heterocycles. The maximum absolute atomic E-state index is 13.7. The molecule has 3 nitrogen and oxygen atoms in total. The van der Waals surface area contributed by atoms with Crippen LogP contribution in [0.15, 0.2) is 27.1 Å². The summed E-state index contributed by atoms with van der Waals surface area (Å²) in [6, 6.07) is 4.74. The predicted molar refractivity (Wildman–Crippen MR) is 72.3 cm³/mol. The smallest absolute Gasteiger partial charge is 0.349 e. The molecule has 0 aliphatic heterocycles. The van der Waals surface area contributed by atoms with Crippen LogP contribution in [0.3, 0.4) is 0 Å². The first-order valence-corrected chi connectivity index (χ1v) is 6.75. The molecule has 0 aliphatic carbocycles. The van der Waals surface area contributed by atoms with Crippen LogP contribution in [-0.4, -0.2) is 24.0 Å². The third kappa shape index (κ3) is 3.88. The van der Waals surface area contributed by atoms with E-state index in [9.17, 15) is 14.0 Å². The third-order valence-electron chi connectivity index (χ3n) is 1.98. The molecule has 0 fully saturated rings. The molecule has 0 N–H and O–H groups in total. The lowest BCUT2D eigenvalue weighted by atomic mass is 10.1. The van der Waals surface area contributed by atoms with Gasteiger partial charge in [0.15, 0.2) is 0 Å². The summed E-state index contributed by atoms with van der Waals surface area (Å²) in [7, 11) is 0. The zero-order valence-corrected chi connectivity index (χ0v) is 12.9. The summed E-state index contributed by atoms with van der Waals surface area (Å²) in [5.74, 6) is -2.09. The molecule has 1 aromatic rings. The minimum atomic E-state index is -2.31. The maximum atomic E-state index is 13.7. The summed E-state index contributed by atoms with van der Waals surface area (Å²) in [4.78, 5) is 23.1. The first-order chi connectivity index (χ1) is 8.32. The lowest BCUT2D eigenvalue weighted by molar-refractivity contribution is -0.151. The number of esters is 1. The van der Waals surface area contributed by atoms with Crippen molar-refractivity contribution < 1.29 is 18.7 Å². The van der Waals surface area contributed by atoms with Crippen molar-refractivity contribution in [3.05, 3.63) is 32.7 Å². The normalized spacial score (nSPS) is 12.3. The maximum Gasteiger partial charge on any atom is 0.349 e. The minimum absolute atomic E-state index is 0.0950. The molecule has 0 bridgehead atoms. The van der Waals surface area contributed by atoms with Crippen molar-refractivity contribution in [3.63, 3.8) is 0 Å². The van der Waals surface area contributed by atoms with Gasteiger partial charge in [-0.1, -0.05) is 31.9 Å². The van der Waals surface area contributed by atoms with Gasteiger partial charge in [0.05, 0.1) is 6.10 Å². The highest BCUT2D eigenvalue weighted by Crippen LogP contribution is 2.23. The number of hydrogen-bond donors (Lipinski definition) is 0. The molecule has 0 radical (unpaired) electrons. The van der Waals surface area contributed by atoms with Crippen molar-refractivity contribution in [2.75, 3.05) is 0 Å². The molecule has 98 valence electrons. The third-order valence-corrected chi connectivity index (χ3v) is 3.17. The van der Waals surface area contributed by atoms with Gasteiger partial charge < -0.3 is 4.74 Å². The standard InChI is InChI=1S/C12H11Br2FO3/c1-6(2)18-12(17)10(15)11(16)8-5-7(13)3-4-9(8)14/h3-6,10H,1-2H3. The van der Waals surface area contributed by atoms with E-state index in [1.54, 1.807) is 26.0 Å². The van der Waals surface area contributed by atoms with E-state index in [1.165, 1.54) is 6.07 Å². The van der Waals surface area contributed by atoms with Crippen LogP contribution in [0.5, 0.6) is 0 Å². The van der Waals surface area contributed by atoms with Crippen molar-refractivity contribution in [1.29, 1.82) is 0 Å². The Labute approximate surface area is 121 Å². The number of ketones is 1. The summed E-state index contributed by atoms with van der Waals surface area (Å²) in [5, 5.41) is 0. The SMILES string of the molecule is CC(C)OC(=O)C(F)C(=O)c1cc(Br)ccc1Br. The molecular formula is C12H11Br2FO3. The molecule has 0 saturated heterocycles. The van der Waals surface area contributed by atoms with Crippen molar-refractivity contribution >= 4 is 43.6 Å². The Kier molecular flexibility index (Phi) is 5.47. The Bertz CT molecular complexity index is 474. The molecule has 1 atom stereocenters. The summed E-state index contributed by atoms with van der Waals surface area (Å²) < 4.78 is 19.4. The Hall–Kier alpha value is -0.750. The lowest BCUT2D eigenvalue weighted by Gasteiger charge is -2.11. The van der Waals surface area contributed by atoms with E-state index >= 15 is 0 Å². The van der Waals surface area contributed by atoms with E-state index in [1.807, 2.05) is 0 Å². The summed E-state index contributed by atoms with van der Waals surface area (Å²) in [6.07, 6.45) is -2.77. The van der Waals surface area contributed by atoms with E-state index in [2.05, 4.69) is 36.6 Å². The molecule has 1 unspecified atom stereocenters. The van der Waals surface area contributed by atoms with Crippen LogP contribution in [-0.2, 0) is 9.53 Å². The highest BCUT2D eigenvalue weighted by Gasteiger charge is 2.30. The van der Waals surface area contributed by atoms with Gasteiger partial charge in [0.1, 0.15) is 0 Å². The van der Waals surface area contributed by atoms with Crippen LogP contribution in [0, 0.1) is 0 Å². The second-order valence-electron chi connectivity index (χ2n) is 3.84. The predicted octanol–water partition coefficient (Wildman–Crippen LogP) is 3.68. The van der Waals surface area contributed by atoms with E-state index in [0.29, 0.717) is 8.95 Å². The molecule has 0 saturated carbocycles. The number of Topliss-reactive ketones (excluding diaryl/α,β-unsaturated/α-hetero) is 1. The lowest BCUT2D eigenvalue weighted by Crippen LogP contribution is -2.30. The summed E-state index contributed by atoms with van der Waals surface area (Å²) in [6.45, 7) is 3.17. The van der Waals surface area contributed by atoms with Gasteiger partial charge in [-0.2, -0.15) is 0 Å². The van der Waals surface area contributed by atoms with E-state index in [4.69, 9.17) is 0 Å². The van der Waals surface area contributed by atoms with Crippen LogP contribution in [0.2, 0.25) is 0 Å². The second-order valence-corrected chi connectivity index (χ2v) is 5.61. The Morgan fingerprint density at radius 3 is 2.44 bits per heavy atom. The fourth-order valence-electron chi connectivity index (χ4n) is 1.22. The average Bonchev–Trinajstić information content (AvgIpc) is 2.29. The largest absolute Gasteiger partial charge is 0.460 e. The number of carbonyl (C=O) groups is 2. The van der Waals surface area contributed by atoms with Crippen LogP contribution >= 0.6 is 31.9 Å². The molecule has 18 heavy (non-hydrogen) atoms. The number of benzene rings is 1. The van der Waals surface area contributed by atoms with Gasteiger partial charge in [0.25, 0.3) is 6.17 Å². The van der Waals surface area contributed by atoms with Crippen molar-refractivity contribution in [2.45, 2.75) is 26.1 Å². The van der Waals surface area contributed by atoms with Crippen molar-refractivity contribution in [1.82, 2.24) is 0 Å². The number of hydrogen-bond acceptors (Lipinski definition) is 3. The van der Waals surface area contributed by atoms with Gasteiger partial charge in [0, 0.05) is 14.5 Å². The van der Waals surface area contributed by atoms with Gasteiger partial charge in [-0.3, -0.25) is 4.79 Å². The Balaban J connectivity index is 2.93. The van der Waals surface area contributed by atoms with Gasteiger partial charge in [-0.15, -0.1) is 0 Å². The van der Waals surface area contributed by atoms with Crippen molar-refractivity contribution in [2.24, 2.45) is 0 Å². The summed E-state index contributed by atoms with van der Waals surface area (Å²) in [5.41, 5.74) is 0.0950. The number of alkyl halides is 1. The van der Waals surface area contributed by atoms with Gasteiger partial charge >= 0.3 is 5.97 Å². The molecule has 0 aliphatic rings. The molecular weight excluding hydrogens is 371 g/mol. The zero-order chi connectivity index (χ0) is 13.9. The monoisotopic (exact) mass is 380 g/mol. The second kappa shape index (κ2) is 6.43. The molecule has 0 amide bonds. The number of carbonyl (C=O) groups excluding carboxylic acids is 2. The van der Waals surface area contributed by atoms with E-state index in [-0.39, 0.29) is 5.56 Å². The first-order valence-electron chi connectivity index (χ1n) is 5.16. The van der Waals surface area contributed by atoms with Crippen LogP contribution in [0.1, 0.15) is 24.2 Å². The quantitative estimate of drug-likeness (QED) is 0.454. The first kappa shape index (κ1) is 15.3. The molecule has 0 spiro atoms. The number of ether oxygens (including phenoxy) is 1. The van der Waals surface area contributed by atoms with Crippen LogP contribution in [0.25, 0.3) is 0 Å². The van der Waals surface area contributed by atoms with E-state index < -0.39 is 24.0 Å². The molecule has 1 rings (SSSR count). The van der Waals surface area contributed by atoms with Crippen LogP contribution < -0.4 is 0 Å². The Morgan fingerprint density at radius 2 is 1.89 bits per heavy atom. The minimum Gasteiger partial charge on any atom is -0.460 e. The number of halogens is 3. The molecule has 1 aromatic carbocycles. The average molecular weight is 382 g/mol. The number of rotatable bonds is 4. The van der Waals surface area contributed by atoms with E-state index in [0.717, 1.165) is 0 Å². The topological polar surface area (TPSA) is 43.4 Å². The fraction of sp³-hybridized carbons (Fsp3) is 0.333. The highest BCUT2D eigenvalue weighted by atomic mass is 79.9. The van der Waals surface area contributed by atoms with Gasteiger partial charge in [-0.25, -0.2) is 9.18 Å².